The van der Waals surface area contributed by atoms with Crippen molar-refractivity contribution < 1.29 is 14.3 Å². The topological polar surface area (TPSA) is 47.6 Å². The Labute approximate surface area is 130 Å². The Morgan fingerprint density at radius 2 is 1.77 bits per heavy atom. The van der Waals surface area contributed by atoms with Crippen LogP contribution in [0.1, 0.15) is 12.5 Å². The maximum atomic E-state index is 12.0. The molecular weight excluding hydrogens is 278 g/mol. The second-order valence-electron chi connectivity index (χ2n) is 4.49. The molecule has 0 aliphatic carbocycles. The fourth-order valence-electron chi connectivity index (χ4n) is 2.00. The summed E-state index contributed by atoms with van der Waals surface area (Å²) in [6.45, 7) is 2.45. The largest absolute Gasteiger partial charge is 0.496 e. The molecule has 4 nitrogen and oxygen atoms in total. The van der Waals surface area contributed by atoms with Gasteiger partial charge < -0.3 is 14.8 Å². The van der Waals surface area contributed by atoms with Gasteiger partial charge >= 0.3 is 0 Å². The minimum absolute atomic E-state index is 0.224. The number of amides is 1. The quantitative estimate of drug-likeness (QED) is 0.826. The molecule has 2 aromatic carbocycles. The van der Waals surface area contributed by atoms with E-state index in [0.29, 0.717) is 18.0 Å². The molecule has 0 bridgehead atoms. The van der Waals surface area contributed by atoms with E-state index in [4.69, 9.17) is 9.47 Å². The molecule has 0 fully saturated rings. The monoisotopic (exact) mass is 297 g/mol. The molecule has 0 aliphatic heterocycles. The third-order valence-electron chi connectivity index (χ3n) is 3.00. The SMILES string of the molecule is CCOc1ccccc1NC(=O)C=Cc1ccccc1OC. The number of methoxy groups -OCH3 is 1. The lowest BCUT2D eigenvalue weighted by molar-refractivity contribution is -0.111. The van der Waals surface area contributed by atoms with Crippen LogP contribution in [0.4, 0.5) is 5.69 Å². The van der Waals surface area contributed by atoms with Gasteiger partial charge in [0.15, 0.2) is 0 Å². The fraction of sp³-hybridized carbons (Fsp3) is 0.167. The minimum atomic E-state index is -0.224. The average molecular weight is 297 g/mol. The highest BCUT2D eigenvalue weighted by Gasteiger charge is 2.05. The smallest absolute Gasteiger partial charge is 0.248 e. The van der Waals surface area contributed by atoms with Crippen LogP contribution in [0, 0.1) is 0 Å². The summed E-state index contributed by atoms with van der Waals surface area (Å²) in [5, 5.41) is 2.81. The number of para-hydroxylation sites is 3. The Bertz CT molecular complexity index is 665. The lowest BCUT2D eigenvalue weighted by Crippen LogP contribution is -2.09. The van der Waals surface area contributed by atoms with Crippen molar-refractivity contribution in [2.45, 2.75) is 6.92 Å². The van der Waals surface area contributed by atoms with E-state index in [1.54, 1.807) is 19.3 Å². The van der Waals surface area contributed by atoms with E-state index in [1.165, 1.54) is 6.08 Å². The molecule has 0 atom stereocenters. The van der Waals surface area contributed by atoms with Crippen LogP contribution >= 0.6 is 0 Å². The van der Waals surface area contributed by atoms with Crippen molar-refractivity contribution in [1.29, 1.82) is 0 Å². The molecule has 22 heavy (non-hydrogen) atoms. The van der Waals surface area contributed by atoms with Crippen LogP contribution in [0.25, 0.3) is 6.08 Å². The highest BCUT2D eigenvalue weighted by molar-refractivity contribution is 6.02. The van der Waals surface area contributed by atoms with Gasteiger partial charge in [-0.2, -0.15) is 0 Å². The highest BCUT2D eigenvalue weighted by Crippen LogP contribution is 2.24. The normalized spacial score (nSPS) is 10.5. The molecule has 0 aromatic heterocycles. The van der Waals surface area contributed by atoms with Crippen LogP contribution in [0.3, 0.4) is 0 Å². The first-order valence-electron chi connectivity index (χ1n) is 7.08. The standard InChI is InChI=1S/C18H19NO3/c1-3-22-17-11-7-5-9-15(17)19-18(20)13-12-14-8-4-6-10-16(14)21-2/h4-13H,3H2,1-2H3,(H,19,20). The number of rotatable bonds is 6. The van der Waals surface area contributed by atoms with Crippen molar-refractivity contribution >= 4 is 17.7 Å². The Hall–Kier alpha value is -2.75. The summed E-state index contributed by atoms with van der Waals surface area (Å²) < 4.78 is 10.7. The summed E-state index contributed by atoms with van der Waals surface area (Å²) >= 11 is 0. The lowest BCUT2D eigenvalue weighted by atomic mass is 10.2. The number of hydrogen-bond acceptors (Lipinski definition) is 3. The number of ether oxygens (including phenoxy) is 2. The van der Waals surface area contributed by atoms with Crippen molar-refractivity contribution in [3.63, 3.8) is 0 Å². The van der Waals surface area contributed by atoms with Gasteiger partial charge in [-0.25, -0.2) is 0 Å². The Balaban J connectivity index is 2.08. The number of benzene rings is 2. The molecule has 1 amide bonds. The van der Waals surface area contributed by atoms with Crippen LogP contribution in [-0.2, 0) is 4.79 Å². The van der Waals surface area contributed by atoms with Crippen LogP contribution in [0.5, 0.6) is 11.5 Å². The average Bonchev–Trinajstić information content (AvgIpc) is 2.55. The summed E-state index contributed by atoms with van der Waals surface area (Å²) in [6.07, 6.45) is 3.19. The van der Waals surface area contributed by atoms with E-state index in [-0.39, 0.29) is 5.91 Å². The Morgan fingerprint density at radius 3 is 2.50 bits per heavy atom. The maximum absolute atomic E-state index is 12.0. The van der Waals surface area contributed by atoms with Crippen molar-refractivity contribution in [2.75, 3.05) is 19.0 Å². The molecule has 0 saturated heterocycles. The van der Waals surface area contributed by atoms with Crippen molar-refractivity contribution in [3.05, 3.63) is 60.2 Å². The van der Waals surface area contributed by atoms with Crippen LogP contribution < -0.4 is 14.8 Å². The number of anilines is 1. The zero-order valence-corrected chi connectivity index (χ0v) is 12.7. The second kappa shape index (κ2) is 7.88. The molecular formula is C18H19NO3. The summed E-state index contributed by atoms with van der Waals surface area (Å²) in [4.78, 5) is 12.0. The van der Waals surface area contributed by atoms with E-state index in [2.05, 4.69) is 5.32 Å². The number of carbonyl (C=O) groups is 1. The molecule has 0 radical (unpaired) electrons. The third kappa shape index (κ3) is 4.12. The minimum Gasteiger partial charge on any atom is -0.496 e. The third-order valence-corrected chi connectivity index (χ3v) is 3.00. The van der Waals surface area contributed by atoms with Crippen LogP contribution in [0.2, 0.25) is 0 Å². The summed E-state index contributed by atoms with van der Waals surface area (Å²) in [5.74, 6) is 1.16. The van der Waals surface area contributed by atoms with E-state index in [9.17, 15) is 4.79 Å². The van der Waals surface area contributed by atoms with E-state index in [1.807, 2.05) is 49.4 Å². The first-order valence-corrected chi connectivity index (χ1v) is 7.08. The van der Waals surface area contributed by atoms with Crippen molar-refractivity contribution in [2.24, 2.45) is 0 Å². The zero-order valence-electron chi connectivity index (χ0n) is 12.7. The van der Waals surface area contributed by atoms with Gasteiger partial charge in [0.1, 0.15) is 11.5 Å². The molecule has 0 saturated carbocycles. The van der Waals surface area contributed by atoms with Gasteiger partial charge in [0, 0.05) is 11.6 Å². The zero-order chi connectivity index (χ0) is 15.8. The molecule has 4 heteroatoms. The van der Waals surface area contributed by atoms with Gasteiger partial charge in [-0.1, -0.05) is 30.3 Å². The molecule has 114 valence electrons. The van der Waals surface area contributed by atoms with E-state index < -0.39 is 0 Å². The Kier molecular flexibility index (Phi) is 5.60. The van der Waals surface area contributed by atoms with Gasteiger partial charge in [0.05, 0.1) is 19.4 Å². The van der Waals surface area contributed by atoms with E-state index in [0.717, 1.165) is 11.3 Å². The first-order chi connectivity index (χ1) is 10.7. The Morgan fingerprint density at radius 1 is 1.09 bits per heavy atom. The summed E-state index contributed by atoms with van der Waals surface area (Å²) in [7, 11) is 1.60. The van der Waals surface area contributed by atoms with Crippen LogP contribution in [-0.4, -0.2) is 19.6 Å². The predicted molar refractivity (Wildman–Crippen MR) is 88.3 cm³/mol. The molecule has 0 spiro atoms. The molecule has 2 rings (SSSR count). The highest BCUT2D eigenvalue weighted by atomic mass is 16.5. The molecule has 0 unspecified atom stereocenters. The number of carbonyl (C=O) groups excluding carboxylic acids is 1. The molecule has 2 aromatic rings. The molecule has 0 heterocycles. The molecule has 1 N–H and O–H groups in total. The van der Waals surface area contributed by atoms with Gasteiger partial charge in [-0.05, 0) is 31.2 Å². The van der Waals surface area contributed by atoms with Gasteiger partial charge in [0.2, 0.25) is 5.91 Å². The maximum Gasteiger partial charge on any atom is 0.248 e. The van der Waals surface area contributed by atoms with Crippen LogP contribution in [0.15, 0.2) is 54.6 Å². The fourth-order valence-corrected chi connectivity index (χ4v) is 2.00. The van der Waals surface area contributed by atoms with Crippen molar-refractivity contribution in [3.8, 4) is 11.5 Å². The second-order valence-corrected chi connectivity index (χ2v) is 4.49. The van der Waals surface area contributed by atoms with Gasteiger partial charge in [-0.3, -0.25) is 4.79 Å². The van der Waals surface area contributed by atoms with E-state index >= 15 is 0 Å². The molecule has 0 aliphatic rings. The summed E-state index contributed by atoms with van der Waals surface area (Å²) in [6, 6.07) is 14.9. The van der Waals surface area contributed by atoms with Gasteiger partial charge in [-0.15, -0.1) is 0 Å². The first kappa shape index (κ1) is 15.6. The summed E-state index contributed by atoms with van der Waals surface area (Å²) in [5.41, 5.74) is 1.50. The number of nitrogens with one attached hydrogen (secondary N) is 1. The lowest BCUT2D eigenvalue weighted by Gasteiger charge is -2.09. The van der Waals surface area contributed by atoms with Gasteiger partial charge in [0.25, 0.3) is 0 Å². The predicted octanol–water partition coefficient (Wildman–Crippen LogP) is 3.75. The van der Waals surface area contributed by atoms with Crippen molar-refractivity contribution in [1.82, 2.24) is 0 Å². The number of hydrogen-bond donors (Lipinski definition) is 1.